The SMILES string of the molecule is O=C(CS(=O)(=O)Cc1ccc(Br)cc1)Nc1ccc(-c2ncc3n2CCCC3)cc1. The monoisotopic (exact) mass is 487 g/mol. The molecule has 30 heavy (non-hydrogen) atoms. The number of halogens is 1. The van der Waals surface area contributed by atoms with Gasteiger partial charge in [0.2, 0.25) is 5.91 Å². The third kappa shape index (κ3) is 4.99. The molecule has 0 unspecified atom stereocenters. The molecule has 1 N–H and O–H groups in total. The highest BCUT2D eigenvalue weighted by molar-refractivity contribution is 9.10. The minimum atomic E-state index is -3.56. The van der Waals surface area contributed by atoms with Crippen LogP contribution in [0.25, 0.3) is 11.4 Å². The van der Waals surface area contributed by atoms with Crippen LogP contribution in [-0.2, 0) is 33.4 Å². The Morgan fingerprint density at radius 2 is 1.80 bits per heavy atom. The second kappa shape index (κ2) is 8.73. The number of hydrogen-bond donors (Lipinski definition) is 1. The molecule has 6 nitrogen and oxygen atoms in total. The number of carbonyl (C=O) groups excluding carboxylic acids is 1. The summed E-state index contributed by atoms with van der Waals surface area (Å²) in [6.45, 7) is 0.972. The molecule has 0 saturated carbocycles. The largest absolute Gasteiger partial charge is 0.328 e. The standard InChI is InChI=1S/C22H22BrN3O3S/c23-18-8-4-16(5-9-18)14-30(28,29)15-21(27)25-19-10-6-17(7-11-19)22-24-13-20-3-1-2-12-26(20)22/h4-11,13H,1-3,12,14-15H2,(H,25,27). The van der Waals surface area contributed by atoms with Crippen molar-refractivity contribution < 1.29 is 13.2 Å². The van der Waals surface area contributed by atoms with Crippen LogP contribution in [0.2, 0.25) is 0 Å². The molecule has 0 atom stereocenters. The van der Waals surface area contributed by atoms with Gasteiger partial charge in [-0.1, -0.05) is 28.1 Å². The zero-order valence-corrected chi connectivity index (χ0v) is 18.7. The van der Waals surface area contributed by atoms with Gasteiger partial charge in [-0.25, -0.2) is 13.4 Å². The molecule has 0 radical (unpaired) electrons. The van der Waals surface area contributed by atoms with Crippen LogP contribution >= 0.6 is 15.9 Å². The van der Waals surface area contributed by atoms with Gasteiger partial charge in [-0.2, -0.15) is 0 Å². The first-order valence-electron chi connectivity index (χ1n) is 9.79. The van der Waals surface area contributed by atoms with E-state index in [2.05, 4.69) is 30.8 Å². The van der Waals surface area contributed by atoms with Crippen LogP contribution in [0.4, 0.5) is 5.69 Å². The summed E-state index contributed by atoms with van der Waals surface area (Å²) < 4.78 is 27.8. The number of rotatable bonds is 6. The fourth-order valence-electron chi connectivity index (χ4n) is 3.65. The smallest absolute Gasteiger partial charge is 0.239 e. The zero-order valence-electron chi connectivity index (χ0n) is 16.3. The summed E-state index contributed by atoms with van der Waals surface area (Å²) >= 11 is 3.32. The highest BCUT2D eigenvalue weighted by Crippen LogP contribution is 2.25. The van der Waals surface area contributed by atoms with Gasteiger partial charge in [0.05, 0.1) is 5.75 Å². The maximum absolute atomic E-state index is 12.3. The van der Waals surface area contributed by atoms with E-state index in [1.165, 1.54) is 12.1 Å². The first-order valence-corrected chi connectivity index (χ1v) is 12.4. The van der Waals surface area contributed by atoms with Crippen molar-refractivity contribution in [3.05, 3.63) is 70.5 Å². The minimum Gasteiger partial charge on any atom is -0.328 e. The van der Waals surface area contributed by atoms with Gasteiger partial charge in [-0.15, -0.1) is 0 Å². The second-order valence-corrected chi connectivity index (χ2v) is 10.4. The maximum Gasteiger partial charge on any atom is 0.239 e. The van der Waals surface area contributed by atoms with Gasteiger partial charge in [-0.3, -0.25) is 4.79 Å². The molecular formula is C22H22BrN3O3S. The highest BCUT2D eigenvalue weighted by Gasteiger charge is 2.18. The van der Waals surface area contributed by atoms with E-state index in [0.29, 0.717) is 11.3 Å². The number of aryl methyl sites for hydroxylation is 1. The molecule has 2 aromatic carbocycles. The van der Waals surface area contributed by atoms with Crippen molar-refractivity contribution in [3.8, 4) is 11.4 Å². The Bertz CT molecular complexity index is 1150. The van der Waals surface area contributed by atoms with Crippen LogP contribution in [0.15, 0.2) is 59.2 Å². The average molecular weight is 488 g/mol. The summed E-state index contributed by atoms with van der Waals surface area (Å²) in [7, 11) is -3.56. The number of amides is 1. The molecule has 1 aromatic heterocycles. The van der Waals surface area contributed by atoms with Crippen LogP contribution in [-0.4, -0.2) is 29.6 Å². The van der Waals surface area contributed by atoms with Crippen LogP contribution in [0, 0.1) is 0 Å². The predicted molar refractivity (Wildman–Crippen MR) is 121 cm³/mol. The molecule has 2 heterocycles. The fraction of sp³-hybridized carbons (Fsp3) is 0.273. The van der Waals surface area contributed by atoms with Gasteiger partial charge in [0.25, 0.3) is 0 Å². The maximum atomic E-state index is 12.3. The van der Waals surface area contributed by atoms with Crippen LogP contribution in [0.1, 0.15) is 24.1 Å². The third-order valence-electron chi connectivity index (χ3n) is 5.08. The quantitative estimate of drug-likeness (QED) is 0.564. The first-order chi connectivity index (χ1) is 14.4. The van der Waals surface area contributed by atoms with E-state index in [-0.39, 0.29) is 5.75 Å². The normalized spacial score (nSPS) is 13.6. The summed E-state index contributed by atoms with van der Waals surface area (Å²) in [6, 6.07) is 14.4. The van der Waals surface area contributed by atoms with Crippen molar-refractivity contribution in [3.63, 3.8) is 0 Å². The van der Waals surface area contributed by atoms with Crippen molar-refractivity contribution in [2.75, 3.05) is 11.1 Å². The Labute approximate surface area is 184 Å². The van der Waals surface area contributed by atoms with E-state index >= 15 is 0 Å². The summed E-state index contributed by atoms with van der Waals surface area (Å²) in [4.78, 5) is 16.8. The number of nitrogens with zero attached hydrogens (tertiary/aromatic N) is 2. The van der Waals surface area contributed by atoms with E-state index in [4.69, 9.17) is 0 Å². The van der Waals surface area contributed by atoms with Gasteiger partial charge in [0.15, 0.2) is 9.84 Å². The van der Waals surface area contributed by atoms with Gasteiger partial charge in [-0.05, 0) is 61.2 Å². The molecule has 0 saturated heterocycles. The summed E-state index contributed by atoms with van der Waals surface area (Å²) in [5.41, 5.74) is 3.44. The van der Waals surface area contributed by atoms with Gasteiger partial charge < -0.3 is 9.88 Å². The molecule has 0 aliphatic carbocycles. The topological polar surface area (TPSA) is 81.1 Å². The molecule has 1 amide bonds. The Morgan fingerprint density at radius 1 is 1.07 bits per heavy atom. The number of imidazole rings is 1. The van der Waals surface area contributed by atoms with E-state index < -0.39 is 21.5 Å². The number of fused-ring (bicyclic) bond motifs is 1. The number of hydrogen-bond acceptors (Lipinski definition) is 4. The number of aromatic nitrogens is 2. The lowest BCUT2D eigenvalue weighted by Crippen LogP contribution is -2.23. The van der Waals surface area contributed by atoms with Gasteiger partial charge in [0, 0.05) is 34.2 Å². The minimum absolute atomic E-state index is 0.169. The lowest BCUT2D eigenvalue weighted by molar-refractivity contribution is -0.113. The van der Waals surface area contributed by atoms with Crippen molar-refractivity contribution >= 4 is 37.4 Å². The van der Waals surface area contributed by atoms with Crippen LogP contribution < -0.4 is 5.32 Å². The number of sulfone groups is 1. The number of carbonyl (C=O) groups is 1. The molecule has 0 fully saturated rings. The second-order valence-electron chi connectivity index (χ2n) is 7.47. The van der Waals surface area contributed by atoms with Gasteiger partial charge >= 0.3 is 0 Å². The predicted octanol–water partition coefficient (Wildman–Crippen LogP) is 4.20. The van der Waals surface area contributed by atoms with Crippen molar-refractivity contribution in [1.82, 2.24) is 9.55 Å². The molecular weight excluding hydrogens is 466 g/mol. The number of anilines is 1. The Kier molecular flexibility index (Phi) is 6.06. The zero-order chi connectivity index (χ0) is 21.1. The molecule has 3 aromatic rings. The first kappa shape index (κ1) is 20.8. The van der Waals surface area contributed by atoms with Gasteiger partial charge in [0.1, 0.15) is 11.6 Å². The lowest BCUT2D eigenvalue weighted by Gasteiger charge is -2.16. The van der Waals surface area contributed by atoms with E-state index in [9.17, 15) is 13.2 Å². The summed E-state index contributed by atoms with van der Waals surface area (Å²) in [5, 5.41) is 2.67. The third-order valence-corrected chi connectivity index (χ3v) is 7.08. The number of benzene rings is 2. The van der Waals surface area contributed by atoms with Crippen LogP contribution in [0.5, 0.6) is 0 Å². The molecule has 0 bridgehead atoms. The Balaban J connectivity index is 1.39. The lowest BCUT2D eigenvalue weighted by atomic mass is 10.1. The van der Waals surface area contributed by atoms with Crippen molar-refractivity contribution in [2.24, 2.45) is 0 Å². The summed E-state index contributed by atoms with van der Waals surface area (Å²) in [5.74, 6) is -0.339. The Morgan fingerprint density at radius 3 is 2.53 bits per heavy atom. The average Bonchev–Trinajstić information content (AvgIpc) is 3.14. The molecule has 8 heteroatoms. The molecule has 0 spiro atoms. The van der Waals surface area contributed by atoms with Crippen molar-refractivity contribution in [1.29, 1.82) is 0 Å². The Hall–Kier alpha value is -2.45. The van der Waals surface area contributed by atoms with Crippen molar-refractivity contribution in [2.45, 2.75) is 31.6 Å². The fourth-order valence-corrected chi connectivity index (χ4v) is 5.19. The van der Waals surface area contributed by atoms with Crippen LogP contribution in [0.3, 0.4) is 0 Å². The molecule has 1 aliphatic rings. The molecule has 156 valence electrons. The van der Waals surface area contributed by atoms with E-state index in [1.807, 2.05) is 18.3 Å². The molecule has 1 aliphatic heterocycles. The van der Waals surface area contributed by atoms with E-state index in [1.54, 1.807) is 36.4 Å². The van der Waals surface area contributed by atoms with E-state index in [0.717, 1.165) is 35.2 Å². The highest BCUT2D eigenvalue weighted by atomic mass is 79.9. The molecule has 4 rings (SSSR count). The number of nitrogens with one attached hydrogen (secondary N) is 1. The summed E-state index contributed by atoms with van der Waals surface area (Å²) in [6.07, 6.45) is 5.33.